The zero-order chi connectivity index (χ0) is 15.5. The van der Waals surface area contributed by atoms with Crippen LogP contribution in [0, 0.1) is 5.41 Å². The lowest BCUT2D eigenvalue weighted by Gasteiger charge is -2.15. The van der Waals surface area contributed by atoms with Gasteiger partial charge in [-0.25, -0.2) is 4.79 Å². The molecule has 0 aliphatic rings. The zero-order valence-electron chi connectivity index (χ0n) is 11.8. The van der Waals surface area contributed by atoms with E-state index in [4.69, 9.17) is 16.7 Å². The summed E-state index contributed by atoms with van der Waals surface area (Å²) in [5.41, 5.74) is 0.0271. The molecular formula is C13H18ClN3O3. The molecule has 0 spiro atoms. The Kier molecular flexibility index (Phi) is 4.94. The lowest BCUT2D eigenvalue weighted by atomic mass is 9.95. The number of rotatable bonds is 4. The molecule has 0 aromatic carbocycles. The summed E-state index contributed by atoms with van der Waals surface area (Å²) in [6.45, 7) is 5.81. The van der Waals surface area contributed by atoms with E-state index in [1.165, 1.54) is 16.8 Å². The van der Waals surface area contributed by atoms with Crippen molar-refractivity contribution < 1.29 is 14.7 Å². The SMILES string of the molecule is Cn1nc(Cl)cc1C(=O)NC(/C=C/C(C)(C)C)C(=O)O. The number of carbonyl (C=O) groups excluding carboxylic acids is 1. The van der Waals surface area contributed by atoms with Crippen LogP contribution in [-0.4, -0.2) is 32.8 Å². The fraction of sp³-hybridized carbons (Fsp3) is 0.462. The minimum absolute atomic E-state index is 0.172. The van der Waals surface area contributed by atoms with Crippen LogP contribution in [0.4, 0.5) is 0 Å². The summed E-state index contributed by atoms with van der Waals surface area (Å²) in [7, 11) is 1.56. The summed E-state index contributed by atoms with van der Waals surface area (Å²) < 4.78 is 1.30. The van der Waals surface area contributed by atoms with Crippen LogP contribution < -0.4 is 5.32 Å². The van der Waals surface area contributed by atoms with Crippen LogP contribution in [0.3, 0.4) is 0 Å². The third-order valence-electron chi connectivity index (χ3n) is 2.42. The number of amides is 1. The molecule has 0 radical (unpaired) electrons. The number of hydrogen-bond acceptors (Lipinski definition) is 3. The van der Waals surface area contributed by atoms with Gasteiger partial charge in [0.1, 0.15) is 11.7 Å². The van der Waals surface area contributed by atoms with Crippen LogP contribution in [0.2, 0.25) is 5.15 Å². The number of nitrogens with zero attached hydrogens (tertiary/aromatic N) is 2. The Morgan fingerprint density at radius 3 is 2.50 bits per heavy atom. The first-order chi connectivity index (χ1) is 9.10. The number of aliphatic carboxylic acids is 1. The van der Waals surface area contributed by atoms with E-state index < -0.39 is 17.9 Å². The van der Waals surface area contributed by atoms with E-state index in [0.717, 1.165) is 0 Å². The highest BCUT2D eigenvalue weighted by molar-refractivity contribution is 6.29. The normalized spacial score (nSPS) is 13.4. The lowest BCUT2D eigenvalue weighted by molar-refractivity contribution is -0.137. The zero-order valence-corrected chi connectivity index (χ0v) is 12.6. The van der Waals surface area contributed by atoms with E-state index in [-0.39, 0.29) is 16.3 Å². The molecule has 0 aliphatic carbocycles. The Morgan fingerprint density at radius 1 is 1.50 bits per heavy atom. The summed E-state index contributed by atoms with van der Waals surface area (Å²) in [6.07, 6.45) is 3.19. The largest absolute Gasteiger partial charge is 0.479 e. The first-order valence-corrected chi connectivity index (χ1v) is 6.40. The number of carboxylic acid groups (broad SMARTS) is 1. The molecule has 1 amide bonds. The van der Waals surface area contributed by atoms with Crippen molar-refractivity contribution in [2.45, 2.75) is 26.8 Å². The highest BCUT2D eigenvalue weighted by Gasteiger charge is 2.21. The summed E-state index contributed by atoms with van der Waals surface area (Å²) in [4.78, 5) is 23.1. The second kappa shape index (κ2) is 6.09. The molecule has 1 atom stereocenters. The average molecular weight is 300 g/mol. The van der Waals surface area contributed by atoms with Gasteiger partial charge in [0, 0.05) is 13.1 Å². The quantitative estimate of drug-likeness (QED) is 0.831. The van der Waals surface area contributed by atoms with Crippen molar-refractivity contribution >= 4 is 23.5 Å². The highest BCUT2D eigenvalue weighted by Crippen LogP contribution is 2.15. The third kappa shape index (κ3) is 4.70. The van der Waals surface area contributed by atoms with Crippen LogP contribution in [-0.2, 0) is 11.8 Å². The minimum Gasteiger partial charge on any atom is -0.479 e. The molecule has 7 heteroatoms. The van der Waals surface area contributed by atoms with Gasteiger partial charge in [0.05, 0.1) is 0 Å². The molecule has 1 aromatic rings. The fourth-order valence-electron chi connectivity index (χ4n) is 1.44. The van der Waals surface area contributed by atoms with E-state index in [2.05, 4.69) is 10.4 Å². The van der Waals surface area contributed by atoms with Crippen LogP contribution >= 0.6 is 11.6 Å². The Balaban J connectivity index is 2.86. The van der Waals surface area contributed by atoms with Crippen molar-refractivity contribution in [3.63, 3.8) is 0 Å². The van der Waals surface area contributed by atoms with Gasteiger partial charge in [-0.2, -0.15) is 5.10 Å². The Hall–Kier alpha value is -1.82. The van der Waals surface area contributed by atoms with Gasteiger partial charge in [-0.15, -0.1) is 0 Å². The monoisotopic (exact) mass is 299 g/mol. The molecule has 0 fully saturated rings. The summed E-state index contributed by atoms with van der Waals surface area (Å²) in [5, 5.41) is 15.5. The van der Waals surface area contributed by atoms with Gasteiger partial charge >= 0.3 is 5.97 Å². The van der Waals surface area contributed by atoms with E-state index in [0.29, 0.717) is 0 Å². The third-order valence-corrected chi connectivity index (χ3v) is 2.61. The van der Waals surface area contributed by atoms with Crippen molar-refractivity contribution in [3.05, 3.63) is 29.1 Å². The second-order valence-electron chi connectivity index (χ2n) is 5.49. The maximum Gasteiger partial charge on any atom is 0.330 e. The Bertz CT molecular complexity index is 544. The minimum atomic E-state index is -1.13. The lowest BCUT2D eigenvalue weighted by Crippen LogP contribution is -2.40. The summed E-state index contributed by atoms with van der Waals surface area (Å²) in [6, 6.07) is 0.277. The molecule has 110 valence electrons. The van der Waals surface area contributed by atoms with Crippen molar-refractivity contribution in [3.8, 4) is 0 Å². The molecule has 1 heterocycles. The topological polar surface area (TPSA) is 84.2 Å². The van der Waals surface area contributed by atoms with Crippen LogP contribution in [0.25, 0.3) is 0 Å². The maximum absolute atomic E-state index is 12.0. The van der Waals surface area contributed by atoms with Gasteiger partial charge in [-0.1, -0.05) is 44.5 Å². The molecule has 0 aliphatic heterocycles. The molecule has 6 nitrogen and oxygen atoms in total. The smallest absolute Gasteiger partial charge is 0.330 e. The van der Waals surface area contributed by atoms with Crippen LogP contribution in [0.15, 0.2) is 18.2 Å². The predicted octanol–water partition coefficient (Wildman–Crippen LogP) is 1.86. The predicted molar refractivity (Wildman–Crippen MR) is 75.7 cm³/mol. The average Bonchev–Trinajstić information content (AvgIpc) is 2.61. The van der Waals surface area contributed by atoms with Crippen molar-refractivity contribution in [1.29, 1.82) is 0 Å². The van der Waals surface area contributed by atoms with Gasteiger partial charge in [0.2, 0.25) is 0 Å². The van der Waals surface area contributed by atoms with Crippen LogP contribution in [0.1, 0.15) is 31.3 Å². The van der Waals surface area contributed by atoms with Gasteiger partial charge in [-0.3, -0.25) is 9.48 Å². The number of aromatic nitrogens is 2. The first-order valence-electron chi connectivity index (χ1n) is 6.03. The molecule has 1 unspecified atom stereocenters. The fourth-order valence-corrected chi connectivity index (χ4v) is 1.65. The number of nitrogens with one attached hydrogen (secondary N) is 1. The number of aryl methyl sites for hydroxylation is 1. The molecule has 0 saturated heterocycles. The van der Waals surface area contributed by atoms with E-state index in [1.807, 2.05) is 20.8 Å². The molecule has 1 rings (SSSR count). The van der Waals surface area contributed by atoms with Gasteiger partial charge in [0.25, 0.3) is 5.91 Å². The number of halogens is 1. The molecule has 2 N–H and O–H groups in total. The van der Waals surface area contributed by atoms with Crippen LogP contribution in [0.5, 0.6) is 0 Å². The maximum atomic E-state index is 12.0. The number of allylic oxidation sites excluding steroid dienone is 1. The molecule has 1 aromatic heterocycles. The first kappa shape index (κ1) is 16.2. The molecule has 0 saturated carbocycles. The number of carbonyl (C=O) groups is 2. The van der Waals surface area contributed by atoms with E-state index in [1.54, 1.807) is 13.1 Å². The standard InChI is InChI=1S/C13H18ClN3O3/c1-13(2,3)6-5-8(12(19)20)15-11(18)9-7-10(14)16-17(9)4/h5-8H,1-4H3,(H,15,18)(H,19,20)/b6-5+. The summed E-state index contributed by atoms with van der Waals surface area (Å²) >= 11 is 5.69. The Labute approximate surface area is 122 Å². The summed E-state index contributed by atoms with van der Waals surface area (Å²) in [5.74, 6) is -1.68. The van der Waals surface area contributed by atoms with Gasteiger partial charge in [-0.05, 0) is 5.41 Å². The molecule has 20 heavy (non-hydrogen) atoms. The van der Waals surface area contributed by atoms with Crippen molar-refractivity contribution in [2.24, 2.45) is 12.5 Å². The molecular weight excluding hydrogens is 282 g/mol. The van der Waals surface area contributed by atoms with Gasteiger partial charge < -0.3 is 10.4 Å². The Morgan fingerprint density at radius 2 is 2.10 bits per heavy atom. The van der Waals surface area contributed by atoms with Crippen molar-refractivity contribution in [1.82, 2.24) is 15.1 Å². The second-order valence-corrected chi connectivity index (χ2v) is 5.88. The van der Waals surface area contributed by atoms with E-state index >= 15 is 0 Å². The highest BCUT2D eigenvalue weighted by atomic mass is 35.5. The number of hydrogen-bond donors (Lipinski definition) is 2. The number of carboxylic acids is 1. The van der Waals surface area contributed by atoms with E-state index in [9.17, 15) is 9.59 Å². The molecule has 0 bridgehead atoms. The van der Waals surface area contributed by atoms with Crippen molar-refractivity contribution in [2.75, 3.05) is 0 Å². The van der Waals surface area contributed by atoms with Gasteiger partial charge in [0.15, 0.2) is 5.15 Å².